The van der Waals surface area contributed by atoms with Crippen LogP contribution in [0.5, 0.6) is 5.75 Å². The molecule has 0 aliphatic carbocycles. The molecule has 0 bridgehead atoms. The number of aromatic nitrogens is 2. The van der Waals surface area contributed by atoms with Crippen molar-refractivity contribution in [2.75, 3.05) is 6.61 Å². The van der Waals surface area contributed by atoms with Crippen molar-refractivity contribution in [2.24, 2.45) is 5.92 Å². The number of rotatable bonds is 5. The first kappa shape index (κ1) is 22.0. The summed E-state index contributed by atoms with van der Waals surface area (Å²) in [4.78, 5) is 11.6. The quantitative estimate of drug-likeness (QED) is 0.730. The van der Waals surface area contributed by atoms with Crippen molar-refractivity contribution in [2.45, 2.75) is 72.8 Å². The second-order valence-corrected chi connectivity index (χ2v) is 9.71. The Bertz CT molecular complexity index is 801. The SMILES string of the molecule is CC(C)C(=O)OCCn1ccc(-c2cc(C(C)(C)C)c(O)c(C(C)(C)C)c2)n1. The van der Waals surface area contributed by atoms with Crippen LogP contribution in [0.4, 0.5) is 0 Å². The third kappa shape index (κ3) is 5.15. The van der Waals surface area contributed by atoms with Gasteiger partial charge in [-0.25, -0.2) is 0 Å². The highest BCUT2D eigenvalue weighted by atomic mass is 16.5. The predicted octanol–water partition coefficient (Wildman–Crippen LogP) is 5.05. The van der Waals surface area contributed by atoms with Gasteiger partial charge >= 0.3 is 5.97 Å². The summed E-state index contributed by atoms with van der Waals surface area (Å²) in [5, 5.41) is 15.5. The van der Waals surface area contributed by atoms with E-state index >= 15 is 0 Å². The second kappa shape index (κ2) is 7.98. The summed E-state index contributed by atoms with van der Waals surface area (Å²) in [6.07, 6.45) is 1.89. The van der Waals surface area contributed by atoms with Gasteiger partial charge in [0.1, 0.15) is 12.4 Å². The molecule has 0 aliphatic rings. The number of esters is 1. The molecule has 5 heteroatoms. The first-order chi connectivity index (χ1) is 12.8. The molecule has 0 amide bonds. The molecule has 0 unspecified atom stereocenters. The fourth-order valence-corrected chi connectivity index (χ4v) is 2.97. The lowest BCUT2D eigenvalue weighted by Crippen LogP contribution is -2.17. The number of hydrogen-bond acceptors (Lipinski definition) is 4. The Morgan fingerprint density at radius 1 is 1.11 bits per heavy atom. The molecule has 154 valence electrons. The maximum atomic E-state index is 11.6. The molecule has 0 atom stereocenters. The summed E-state index contributed by atoms with van der Waals surface area (Å²) in [6, 6.07) is 6.00. The van der Waals surface area contributed by atoms with Crippen LogP contribution in [0.25, 0.3) is 11.3 Å². The van der Waals surface area contributed by atoms with Crippen LogP contribution in [0.15, 0.2) is 24.4 Å². The average Bonchev–Trinajstić information content (AvgIpc) is 3.01. The summed E-state index contributed by atoms with van der Waals surface area (Å²) in [5.41, 5.74) is 3.27. The zero-order chi connectivity index (χ0) is 21.3. The summed E-state index contributed by atoms with van der Waals surface area (Å²) >= 11 is 0. The minimum absolute atomic E-state index is 0.128. The third-order valence-corrected chi connectivity index (χ3v) is 4.70. The number of hydrogen-bond donors (Lipinski definition) is 1. The van der Waals surface area contributed by atoms with E-state index in [1.165, 1.54) is 0 Å². The molecule has 1 aromatic heterocycles. The topological polar surface area (TPSA) is 64.3 Å². The van der Waals surface area contributed by atoms with Crippen LogP contribution < -0.4 is 0 Å². The molecule has 28 heavy (non-hydrogen) atoms. The first-order valence-electron chi connectivity index (χ1n) is 9.89. The van der Waals surface area contributed by atoms with E-state index in [2.05, 4.69) is 46.6 Å². The maximum absolute atomic E-state index is 11.6. The number of benzene rings is 1. The van der Waals surface area contributed by atoms with E-state index in [1.54, 1.807) is 4.68 Å². The number of phenolic OH excluding ortho intramolecular Hbond substituents is 1. The van der Waals surface area contributed by atoms with Crippen LogP contribution in [0, 0.1) is 5.92 Å². The Morgan fingerprint density at radius 3 is 2.11 bits per heavy atom. The van der Waals surface area contributed by atoms with Gasteiger partial charge in [-0.05, 0) is 29.0 Å². The van der Waals surface area contributed by atoms with Gasteiger partial charge in [-0.1, -0.05) is 55.4 Å². The van der Waals surface area contributed by atoms with Crippen molar-refractivity contribution in [1.82, 2.24) is 9.78 Å². The van der Waals surface area contributed by atoms with Crippen molar-refractivity contribution in [3.05, 3.63) is 35.5 Å². The van der Waals surface area contributed by atoms with Gasteiger partial charge in [0.05, 0.1) is 18.2 Å². The fourth-order valence-electron chi connectivity index (χ4n) is 2.97. The number of phenols is 1. The normalized spacial score (nSPS) is 12.5. The van der Waals surface area contributed by atoms with Gasteiger partial charge in [-0.2, -0.15) is 5.10 Å². The molecule has 1 heterocycles. The molecule has 0 aliphatic heterocycles. The average molecular weight is 387 g/mol. The maximum Gasteiger partial charge on any atom is 0.308 e. The van der Waals surface area contributed by atoms with E-state index in [1.807, 2.05) is 38.2 Å². The monoisotopic (exact) mass is 386 g/mol. The molecule has 2 rings (SSSR count). The van der Waals surface area contributed by atoms with Gasteiger partial charge in [0.15, 0.2) is 0 Å². The molecule has 0 saturated heterocycles. The highest BCUT2D eigenvalue weighted by molar-refractivity contribution is 5.71. The lowest BCUT2D eigenvalue weighted by molar-refractivity contribution is -0.147. The highest BCUT2D eigenvalue weighted by Crippen LogP contribution is 2.41. The van der Waals surface area contributed by atoms with Crippen molar-refractivity contribution in [3.63, 3.8) is 0 Å². The second-order valence-electron chi connectivity index (χ2n) is 9.71. The summed E-state index contributed by atoms with van der Waals surface area (Å²) in [7, 11) is 0. The molecular weight excluding hydrogens is 352 g/mol. The largest absolute Gasteiger partial charge is 0.507 e. The third-order valence-electron chi connectivity index (χ3n) is 4.70. The molecule has 0 spiro atoms. The van der Waals surface area contributed by atoms with Crippen molar-refractivity contribution >= 4 is 5.97 Å². The fraction of sp³-hybridized carbons (Fsp3) is 0.565. The predicted molar refractivity (Wildman–Crippen MR) is 113 cm³/mol. The van der Waals surface area contributed by atoms with Crippen LogP contribution in [0.3, 0.4) is 0 Å². The Morgan fingerprint density at radius 2 is 1.64 bits per heavy atom. The van der Waals surface area contributed by atoms with Crippen LogP contribution >= 0.6 is 0 Å². The van der Waals surface area contributed by atoms with Gasteiger partial charge in [0.25, 0.3) is 0 Å². The first-order valence-corrected chi connectivity index (χ1v) is 9.89. The Labute approximate surface area is 168 Å². The zero-order valence-corrected chi connectivity index (χ0v) is 18.5. The Hall–Kier alpha value is -2.30. The van der Waals surface area contributed by atoms with Gasteiger partial charge < -0.3 is 9.84 Å². The summed E-state index contributed by atoms with van der Waals surface area (Å²) in [5.74, 6) is 0.0381. The smallest absolute Gasteiger partial charge is 0.308 e. The Balaban J connectivity index is 2.33. The van der Waals surface area contributed by atoms with E-state index in [0.29, 0.717) is 18.9 Å². The molecule has 0 saturated carbocycles. The standard InChI is InChI=1S/C23H34N2O3/c1-15(2)21(27)28-12-11-25-10-9-19(24-25)16-13-17(22(3,4)5)20(26)18(14-16)23(6,7)8/h9-10,13-15,26H,11-12H2,1-8H3. The molecule has 0 fully saturated rings. The van der Waals surface area contributed by atoms with Crippen LogP contribution in [0.2, 0.25) is 0 Å². The molecule has 0 radical (unpaired) electrons. The van der Waals surface area contributed by atoms with Crippen molar-refractivity contribution in [1.29, 1.82) is 0 Å². The number of aromatic hydroxyl groups is 1. The molecule has 5 nitrogen and oxygen atoms in total. The number of carbonyl (C=O) groups is 1. The molecule has 1 aromatic carbocycles. The molecular formula is C23H34N2O3. The minimum atomic E-state index is -0.199. The minimum Gasteiger partial charge on any atom is -0.507 e. The van der Waals surface area contributed by atoms with Crippen molar-refractivity contribution in [3.8, 4) is 17.0 Å². The Kier molecular flexibility index (Phi) is 6.27. The molecule has 1 N–H and O–H groups in total. The van der Waals surface area contributed by atoms with Crippen LogP contribution in [-0.4, -0.2) is 27.5 Å². The van der Waals surface area contributed by atoms with Crippen LogP contribution in [-0.2, 0) is 26.9 Å². The van der Waals surface area contributed by atoms with Gasteiger partial charge in [-0.3, -0.25) is 9.48 Å². The van der Waals surface area contributed by atoms with E-state index in [4.69, 9.17) is 4.74 Å². The van der Waals surface area contributed by atoms with Gasteiger partial charge in [0, 0.05) is 22.9 Å². The number of carbonyl (C=O) groups excluding carboxylic acids is 1. The highest BCUT2D eigenvalue weighted by Gasteiger charge is 2.27. The summed E-state index contributed by atoms with van der Waals surface area (Å²) < 4.78 is 7.01. The van der Waals surface area contributed by atoms with E-state index < -0.39 is 0 Å². The van der Waals surface area contributed by atoms with Gasteiger partial charge in [-0.15, -0.1) is 0 Å². The summed E-state index contributed by atoms with van der Waals surface area (Å²) in [6.45, 7) is 17.0. The lowest BCUT2D eigenvalue weighted by Gasteiger charge is -2.28. The molecule has 2 aromatic rings. The van der Waals surface area contributed by atoms with Crippen molar-refractivity contribution < 1.29 is 14.6 Å². The van der Waals surface area contributed by atoms with E-state index in [-0.39, 0.29) is 22.7 Å². The number of ether oxygens (including phenoxy) is 1. The van der Waals surface area contributed by atoms with Gasteiger partial charge in [0.2, 0.25) is 0 Å². The number of nitrogens with zero attached hydrogens (tertiary/aromatic N) is 2. The zero-order valence-electron chi connectivity index (χ0n) is 18.5. The van der Waals surface area contributed by atoms with Crippen LogP contribution in [0.1, 0.15) is 66.5 Å². The van der Waals surface area contributed by atoms with E-state index in [9.17, 15) is 9.90 Å². The van der Waals surface area contributed by atoms with E-state index in [0.717, 1.165) is 22.4 Å². The lowest BCUT2D eigenvalue weighted by atomic mass is 9.78.